The molecule has 0 aromatic carbocycles. The summed E-state index contributed by atoms with van der Waals surface area (Å²) >= 11 is 0. The van der Waals surface area contributed by atoms with Gasteiger partial charge in [0, 0.05) is 25.7 Å². The Morgan fingerprint density at radius 2 is 1.12 bits per heavy atom. The number of aryl methyl sites for hydroxylation is 2. The molecule has 0 radical (unpaired) electrons. The molecule has 6 heteroatoms. The van der Waals surface area contributed by atoms with Gasteiger partial charge in [0.25, 0.3) is 0 Å². The third-order valence-electron chi connectivity index (χ3n) is 5.38. The molecule has 0 fully saturated rings. The Morgan fingerprint density at radius 1 is 0.731 bits per heavy atom. The molecule has 2 aromatic heterocycles. The highest BCUT2D eigenvalue weighted by atomic mass is 16.5. The van der Waals surface area contributed by atoms with Gasteiger partial charge in [-0.25, -0.2) is 0 Å². The summed E-state index contributed by atoms with van der Waals surface area (Å²) in [7, 11) is 0. The lowest BCUT2D eigenvalue weighted by Crippen LogP contribution is -2.27. The summed E-state index contributed by atoms with van der Waals surface area (Å²) in [5.41, 5.74) is 2.42. The van der Waals surface area contributed by atoms with Gasteiger partial charge in [-0.2, -0.15) is 0 Å². The molecular formula is C20H24N2O4. The van der Waals surface area contributed by atoms with E-state index < -0.39 is 0 Å². The minimum atomic E-state index is -0.0920. The van der Waals surface area contributed by atoms with Crippen molar-refractivity contribution >= 4 is 11.6 Å². The maximum absolute atomic E-state index is 12.5. The zero-order valence-corrected chi connectivity index (χ0v) is 15.8. The maximum atomic E-state index is 12.5. The highest BCUT2D eigenvalue weighted by Crippen LogP contribution is 2.38. The molecule has 0 saturated carbocycles. The van der Waals surface area contributed by atoms with Gasteiger partial charge in [-0.05, 0) is 23.7 Å². The second-order valence-electron chi connectivity index (χ2n) is 9.24. The zero-order valence-electron chi connectivity index (χ0n) is 15.8. The second kappa shape index (κ2) is 5.63. The molecule has 0 aliphatic heterocycles. The lowest BCUT2D eigenvalue weighted by atomic mass is 9.75. The molecule has 4 rings (SSSR count). The van der Waals surface area contributed by atoms with Crippen molar-refractivity contribution in [2.75, 3.05) is 0 Å². The van der Waals surface area contributed by atoms with Gasteiger partial charge in [0.05, 0.1) is 22.5 Å². The molecule has 2 heterocycles. The predicted molar refractivity (Wildman–Crippen MR) is 93.3 cm³/mol. The third-order valence-corrected chi connectivity index (χ3v) is 5.38. The number of rotatable bonds is 3. The maximum Gasteiger partial charge on any atom is 0.168 e. The van der Waals surface area contributed by atoms with Gasteiger partial charge in [-0.3, -0.25) is 9.59 Å². The minimum Gasteiger partial charge on any atom is -0.360 e. The molecule has 2 aliphatic carbocycles. The fraction of sp³-hybridized carbons (Fsp3) is 0.600. The van der Waals surface area contributed by atoms with Crippen molar-refractivity contribution in [3.8, 4) is 0 Å². The Kier molecular flexibility index (Phi) is 3.72. The minimum absolute atomic E-state index is 0.0903. The summed E-state index contributed by atoms with van der Waals surface area (Å²) in [5, 5.41) is 8.26. The summed E-state index contributed by atoms with van der Waals surface area (Å²) < 4.78 is 10.9. The predicted octanol–water partition coefficient (Wildman–Crippen LogP) is 3.76. The van der Waals surface area contributed by atoms with Crippen molar-refractivity contribution in [3.63, 3.8) is 0 Å². The molecule has 0 saturated heterocycles. The first-order chi connectivity index (χ1) is 12.2. The highest BCUT2D eigenvalue weighted by Gasteiger charge is 2.38. The van der Waals surface area contributed by atoms with Crippen LogP contribution in [-0.2, 0) is 25.7 Å². The summed E-state index contributed by atoms with van der Waals surface area (Å²) in [5.74, 6) is 1.54. The van der Waals surface area contributed by atoms with Crippen LogP contribution in [0.2, 0.25) is 0 Å². The number of aromatic nitrogens is 2. The standard InChI is InChI=1S/C20H24N2O4/c1-19(2)7-13(23)17-11(21-25-15(17)9-19)5-6-12-18-14(24)8-20(3,4)10-16(18)26-22-12/h5-10H2,1-4H3. The van der Waals surface area contributed by atoms with Crippen molar-refractivity contribution in [1.29, 1.82) is 0 Å². The number of ketones is 2. The van der Waals surface area contributed by atoms with E-state index in [9.17, 15) is 9.59 Å². The van der Waals surface area contributed by atoms with Crippen molar-refractivity contribution in [1.82, 2.24) is 10.3 Å². The molecule has 0 bridgehead atoms. The van der Waals surface area contributed by atoms with Crippen LogP contribution in [0.3, 0.4) is 0 Å². The van der Waals surface area contributed by atoms with E-state index in [-0.39, 0.29) is 22.4 Å². The van der Waals surface area contributed by atoms with Crippen LogP contribution in [0, 0.1) is 10.8 Å². The van der Waals surface area contributed by atoms with Gasteiger partial charge in [0.15, 0.2) is 11.6 Å². The van der Waals surface area contributed by atoms with Crippen molar-refractivity contribution in [2.45, 2.75) is 66.2 Å². The summed E-state index contributed by atoms with van der Waals surface area (Å²) in [4.78, 5) is 25.0. The molecule has 0 atom stereocenters. The molecule has 2 aromatic rings. The average Bonchev–Trinajstić information content (AvgIpc) is 3.06. The van der Waals surface area contributed by atoms with Crippen LogP contribution in [-0.4, -0.2) is 21.9 Å². The van der Waals surface area contributed by atoms with Crippen molar-refractivity contribution < 1.29 is 18.6 Å². The third kappa shape index (κ3) is 2.91. The van der Waals surface area contributed by atoms with Gasteiger partial charge in [-0.1, -0.05) is 38.0 Å². The summed E-state index contributed by atoms with van der Waals surface area (Å²) in [6, 6.07) is 0. The Morgan fingerprint density at radius 3 is 1.50 bits per heavy atom. The summed E-state index contributed by atoms with van der Waals surface area (Å²) in [6.45, 7) is 8.24. The van der Waals surface area contributed by atoms with E-state index in [1.807, 2.05) is 0 Å². The van der Waals surface area contributed by atoms with Crippen LogP contribution in [0.15, 0.2) is 9.05 Å². The molecule has 6 nitrogen and oxygen atoms in total. The van der Waals surface area contributed by atoms with Gasteiger partial charge in [-0.15, -0.1) is 0 Å². The van der Waals surface area contributed by atoms with Gasteiger partial charge >= 0.3 is 0 Å². The van der Waals surface area contributed by atoms with Crippen LogP contribution < -0.4 is 0 Å². The number of Topliss-reactive ketones (excluding diaryl/α,β-unsaturated/α-hetero) is 2. The monoisotopic (exact) mass is 356 g/mol. The Labute approximate surface area is 152 Å². The van der Waals surface area contributed by atoms with E-state index >= 15 is 0 Å². The smallest absolute Gasteiger partial charge is 0.168 e. The van der Waals surface area contributed by atoms with Crippen LogP contribution in [0.1, 0.15) is 84.2 Å². The SMILES string of the molecule is CC1(C)CC(=O)c2c(CCc3noc4c3C(=O)CC(C)(C)C4)noc2C1. The van der Waals surface area contributed by atoms with Gasteiger partial charge in [0.2, 0.25) is 0 Å². The first kappa shape index (κ1) is 17.2. The average molecular weight is 356 g/mol. The molecular weight excluding hydrogens is 332 g/mol. The highest BCUT2D eigenvalue weighted by molar-refractivity contribution is 6.00. The normalized spacial score (nSPS) is 20.8. The van der Waals surface area contributed by atoms with Crippen LogP contribution in [0.4, 0.5) is 0 Å². The van der Waals surface area contributed by atoms with E-state index in [4.69, 9.17) is 9.05 Å². The van der Waals surface area contributed by atoms with E-state index in [1.54, 1.807) is 0 Å². The van der Waals surface area contributed by atoms with Crippen molar-refractivity contribution in [2.24, 2.45) is 10.8 Å². The molecule has 2 aliphatic rings. The lowest BCUT2D eigenvalue weighted by Gasteiger charge is -2.27. The molecule has 138 valence electrons. The van der Waals surface area contributed by atoms with E-state index in [2.05, 4.69) is 38.0 Å². The second-order valence-corrected chi connectivity index (χ2v) is 9.24. The zero-order chi connectivity index (χ0) is 18.7. The van der Waals surface area contributed by atoms with E-state index in [1.165, 1.54) is 0 Å². The van der Waals surface area contributed by atoms with E-state index in [0.29, 0.717) is 72.6 Å². The molecule has 0 spiro atoms. The quantitative estimate of drug-likeness (QED) is 0.832. The topological polar surface area (TPSA) is 86.2 Å². The van der Waals surface area contributed by atoms with Gasteiger partial charge in [0.1, 0.15) is 11.5 Å². The number of hydrogen-bond acceptors (Lipinski definition) is 6. The van der Waals surface area contributed by atoms with Crippen LogP contribution >= 0.6 is 0 Å². The Hall–Kier alpha value is -2.24. The molecule has 0 N–H and O–H groups in total. The van der Waals surface area contributed by atoms with Crippen molar-refractivity contribution in [3.05, 3.63) is 34.0 Å². The number of fused-ring (bicyclic) bond motifs is 2. The van der Waals surface area contributed by atoms with Gasteiger partial charge < -0.3 is 9.05 Å². The number of hydrogen-bond donors (Lipinski definition) is 0. The number of carbonyl (C=O) groups is 2. The molecule has 26 heavy (non-hydrogen) atoms. The lowest BCUT2D eigenvalue weighted by molar-refractivity contribution is 0.0891. The first-order valence-corrected chi connectivity index (χ1v) is 9.16. The Bertz CT molecular complexity index is 827. The molecule has 0 amide bonds. The fourth-order valence-corrected chi connectivity index (χ4v) is 4.22. The molecule has 0 unspecified atom stereocenters. The van der Waals surface area contributed by atoms with E-state index in [0.717, 1.165) is 0 Å². The number of nitrogens with zero attached hydrogens (tertiary/aromatic N) is 2. The van der Waals surface area contributed by atoms with Crippen LogP contribution in [0.25, 0.3) is 0 Å². The number of carbonyl (C=O) groups excluding carboxylic acids is 2. The summed E-state index contributed by atoms with van der Waals surface area (Å²) in [6.07, 6.45) is 3.46. The largest absolute Gasteiger partial charge is 0.360 e. The first-order valence-electron chi connectivity index (χ1n) is 9.16. The van der Waals surface area contributed by atoms with Crippen LogP contribution in [0.5, 0.6) is 0 Å². The Balaban J connectivity index is 1.56. The fourth-order valence-electron chi connectivity index (χ4n) is 4.22.